The fourth-order valence-electron chi connectivity index (χ4n) is 1.93. The fraction of sp³-hybridized carbons (Fsp3) is 0.533. The quantitative estimate of drug-likeness (QED) is 0.445. The van der Waals surface area contributed by atoms with Crippen molar-refractivity contribution in [1.82, 2.24) is 15.5 Å². The number of hydrogen-bond donors (Lipinski definition) is 2. The summed E-state index contributed by atoms with van der Waals surface area (Å²) in [6, 6.07) is 8.76. The summed E-state index contributed by atoms with van der Waals surface area (Å²) < 4.78 is 0. The Bertz CT molecular complexity index is 385. The molecule has 0 atom stereocenters. The molecule has 0 spiro atoms. The average molecular weight is 390 g/mol. The number of hydrogen-bond acceptors (Lipinski definition) is 2. The molecule has 0 unspecified atom stereocenters. The lowest BCUT2D eigenvalue weighted by Crippen LogP contribution is -2.34. The van der Waals surface area contributed by atoms with E-state index < -0.39 is 0 Å². The Kier molecular flexibility index (Phi) is 10.5. The van der Waals surface area contributed by atoms with Gasteiger partial charge in [0, 0.05) is 27.2 Å². The Morgan fingerprint density at radius 1 is 1.10 bits per heavy atom. The van der Waals surface area contributed by atoms with Crippen molar-refractivity contribution in [2.45, 2.75) is 26.9 Å². The topological polar surface area (TPSA) is 39.7 Å². The van der Waals surface area contributed by atoms with Crippen molar-refractivity contribution in [2.75, 3.05) is 27.2 Å². The summed E-state index contributed by atoms with van der Waals surface area (Å²) in [6.45, 7) is 8.41. The first-order chi connectivity index (χ1) is 9.23. The summed E-state index contributed by atoms with van der Waals surface area (Å²) in [6.07, 6.45) is 0. The van der Waals surface area contributed by atoms with E-state index in [1.807, 2.05) is 7.05 Å². The molecular weight excluding hydrogens is 363 g/mol. The molecule has 2 N–H and O–H groups in total. The minimum absolute atomic E-state index is 0. The molecule has 4 nitrogen and oxygen atoms in total. The Morgan fingerprint density at radius 2 is 1.65 bits per heavy atom. The third-order valence-electron chi connectivity index (χ3n) is 3.24. The Balaban J connectivity index is 0.00000361. The van der Waals surface area contributed by atoms with Crippen molar-refractivity contribution < 1.29 is 0 Å². The molecule has 0 aliphatic rings. The number of guanidine groups is 1. The van der Waals surface area contributed by atoms with Crippen LogP contribution in [0.15, 0.2) is 29.3 Å². The van der Waals surface area contributed by atoms with Crippen LogP contribution in [0, 0.1) is 0 Å². The zero-order valence-corrected chi connectivity index (χ0v) is 15.3. The predicted molar refractivity (Wildman–Crippen MR) is 97.7 cm³/mol. The first kappa shape index (κ1) is 19.2. The summed E-state index contributed by atoms with van der Waals surface area (Å²) >= 11 is 0. The molecule has 5 heteroatoms. The molecule has 114 valence electrons. The summed E-state index contributed by atoms with van der Waals surface area (Å²) in [4.78, 5) is 6.50. The van der Waals surface area contributed by atoms with Gasteiger partial charge in [-0.2, -0.15) is 0 Å². The van der Waals surface area contributed by atoms with E-state index in [-0.39, 0.29) is 24.0 Å². The van der Waals surface area contributed by atoms with E-state index in [4.69, 9.17) is 0 Å². The molecule has 20 heavy (non-hydrogen) atoms. The van der Waals surface area contributed by atoms with Gasteiger partial charge in [0.2, 0.25) is 0 Å². The van der Waals surface area contributed by atoms with Gasteiger partial charge in [0.25, 0.3) is 0 Å². The van der Waals surface area contributed by atoms with Crippen molar-refractivity contribution in [2.24, 2.45) is 4.99 Å². The fourth-order valence-corrected chi connectivity index (χ4v) is 1.93. The Morgan fingerprint density at radius 3 is 2.10 bits per heavy atom. The molecule has 0 aliphatic carbocycles. The number of halogens is 1. The zero-order valence-electron chi connectivity index (χ0n) is 12.9. The maximum Gasteiger partial charge on any atom is 0.190 e. The minimum Gasteiger partial charge on any atom is -0.359 e. The van der Waals surface area contributed by atoms with Crippen LogP contribution in [-0.2, 0) is 13.1 Å². The van der Waals surface area contributed by atoms with Crippen LogP contribution in [0.3, 0.4) is 0 Å². The van der Waals surface area contributed by atoms with Gasteiger partial charge in [-0.15, -0.1) is 24.0 Å². The largest absolute Gasteiger partial charge is 0.359 e. The number of rotatable bonds is 6. The number of aliphatic imine (C=N–C) groups is 1. The molecule has 0 radical (unpaired) electrons. The first-order valence-electron chi connectivity index (χ1n) is 6.92. The van der Waals surface area contributed by atoms with E-state index in [9.17, 15) is 0 Å². The second-order valence-corrected chi connectivity index (χ2v) is 4.45. The number of nitrogens with one attached hydrogen (secondary N) is 2. The van der Waals surface area contributed by atoms with E-state index in [0.717, 1.165) is 32.1 Å². The van der Waals surface area contributed by atoms with Crippen molar-refractivity contribution in [3.05, 3.63) is 35.4 Å². The van der Waals surface area contributed by atoms with Crippen LogP contribution in [0.2, 0.25) is 0 Å². The Labute approximate surface area is 140 Å². The van der Waals surface area contributed by atoms with Crippen LogP contribution in [0.25, 0.3) is 0 Å². The molecule has 1 rings (SSSR count). The van der Waals surface area contributed by atoms with Gasteiger partial charge < -0.3 is 10.6 Å². The van der Waals surface area contributed by atoms with Gasteiger partial charge in [-0.25, -0.2) is 0 Å². The highest BCUT2D eigenvalue weighted by Gasteiger charge is 2.01. The predicted octanol–water partition coefficient (Wildman–Crippen LogP) is 2.44. The second kappa shape index (κ2) is 10.9. The van der Waals surface area contributed by atoms with Crippen LogP contribution in [0.1, 0.15) is 25.0 Å². The highest BCUT2D eigenvalue weighted by Crippen LogP contribution is 2.07. The van der Waals surface area contributed by atoms with Gasteiger partial charge in [-0.3, -0.25) is 9.89 Å². The third-order valence-corrected chi connectivity index (χ3v) is 3.24. The van der Waals surface area contributed by atoms with Gasteiger partial charge in [0.1, 0.15) is 0 Å². The number of benzene rings is 1. The molecule has 1 aromatic carbocycles. The molecule has 0 bridgehead atoms. The first-order valence-corrected chi connectivity index (χ1v) is 6.92. The lowest BCUT2D eigenvalue weighted by atomic mass is 10.1. The highest BCUT2D eigenvalue weighted by molar-refractivity contribution is 14.0. The molecule has 0 saturated heterocycles. The van der Waals surface area contributed by atoms with Gasteiger partial charge in [0.15, 0.2) is 5.96 Å². The van der Waals surface area contributed by atoms with Gasteiger partial charge >= 0.3 is 0 Å². The molecule has 0 aliphatic heterocycles. The van der Waals surface area contributed by atoms with Gasteiger partial charge in [-0.1, -0.05) is 38.1 Å². The van der Waals surface area contributed by atoms with Crippen molar-refractivity contribution >= 4 is 29.9 Å². The highest BCUT2D eigenvalue weighted by atomic mass is 127. The molecular formula is C15H27IN4. The van der Waals surface area contributed by atoms with Gasteiger partial charge in [0.05, 0.1) is 0 Å². The number of nitrogens with zero attached hydrogens (tertiary/aromatic N) is 2. The Hall–Kier alpha value is -0.820. The summed E-state index contributed by atoms with van der Waals surface area (Å²) in [5.74, 6) is 0.812. The molecule has 0 aromatic heterocycles. The summed E-state index contributed by atoms with van der Waals surface area (Å²) in [5, 5.41) is 6.25. The van der Waals surface area contributed by atoms with E-state index in [0.29, 0.717) is 0 Å². The normalized spacial score (nSPS) is 11.2. The third kappa shape index (κ3) is 6.56. The smallest absolute Gasteiger partial charge is 0.190 e. The zero-order chi connectivity index (χ0) is 14.1. The summed E-state index contributed by atoms with van der Waals surface area (Å²) in [5.41, 5.74) is 2.63. The molecule has 0 heterocycles. The van der Waals surface area contributed by atoms with Crippen LogP contribution in [0.4, 0.5) is 0 Å². The van der Waals surface area contributed by atoms with Gasteiger partial charge in [-0.05, 0) is 24.2 Å². The SMILES string of the molecule is CCN(CC)Cc1ccc(CNC(=NC)NC)cc1.I. The van der Waals surface area contributed by atoms with Crippen LogP contribution >= 0.6 is 24.0 Å². The van der Waals surface area contributed by atoms with Crippen LogP contribution in [-0.4, -0.2) is 38.0 Å². The minimum atomic E-state index is 0. The van der Waals surface area contributed by atoms with E-state index in [1.165, 1.54) is 11.1 Å². The lowest BCUT2D eigenvalue weighted by molar-refractivity contribution is 0.296. The molecule has 0 fully saturated rings. The monoisotopic (exact) mass is 390 g/mol. The van der Waals surface area contributed by atoms with Crippen LogP contribution in [0.5, 0.6) is 0 Å². The molecule has 0 amide bonds. The lowest BCUT2D eigenvalue weighted by Gasteiger charge is -2.18. The summed E-state index contributed by atoms with van der Waals surface area (Å²) in [7, 11) is 3.63. The molecule has 1 aromatic rings. The van der Waals surface area contributed by atoms with E-state index in [1.54, 1.807) is 7.05 Å². The second-order valence-electron chi connectivity index (χ2n) is 4.45. The van der Waals surface area contributed by atoms with Crippen molar-refractivity contribution in [3.63, 3.8) is 0 Å². The van der Waals surface area contributed by atoms with E-state index in [2.05, 4.69) is 58.6 Å². The standard InChI is InChI=1S/C15H26N4.HI/c1-5-19(6-2)12-14-9-7-13(8-10-14)11-18-15(16-3)17-4;/h7-10H,5-6,11-12H2,1-4H3,(H2,16,17,18);1H. The van der Waals surface area contributed by atoms with E-state index >= 15 is 0 Å². The van der Waals surface area contributed by atoms with Crippen molar-refractivity contribution in [1.29, 1.82) is 0 Å². The average Bonchev–Trinajstić information content (AvgIpc) is 2.47. The van der Waals surface area contributed by atoms with Crippen LogP contribution < -0.4 is 10.6 Å². The maximum absolute atomic E-state index is 4.09. The van der Waals surface area contributed by atoms with Crippen molar-refractivity contribution in [3.8, 4) is 0 Å². The maximum atomic E-state index is 4.09. The molecule has 0 saturated carbocycles.